The number of anilines is 1. The Morgan fingerprint density at radius 1 is 1.23 bits per heavy atom. The molecule has 10 heteroatoms. The minimum absolute atomic E-state index is 0. The van der Waals surface area contributed by atoms with Crippen LogP contribution in [0.1, 0.15) is 26.8 Å². The summed E-state index contributed by atoms with van der Waals surface area (Å²) in [4.78, 5) is 27.6. The maximum atomic E-state index is 13.4. The number of hydrogen-bond acceptors (Lipinski definition) is 7. The second-order valence-electron chi connectivity index (χ2n) is 7.02. The second kappa shape index (κ2) is 10.5. The summed E-state index contributed by atoms with van der Waals surface area (Å²) in [5.41, 5.74) is 1.70. The van der Waals surface area contributed by atoms with E-state index in [1.807, 2.05) is 30.9 Å². The lowest BCUT2D eigenvalue weighted by molar-refractivity contribution is 0.0376. The number of morpholine rings is 1. The van der Waals surface area contributed by atoms with Crippen molar-refractivity contribution in [3.05, 3.63) is 38.3 Å². The zero-order valence-electron chi connectivity index (χ0n) is 16.9. The third kappa shape index (κ3) is 5.38. The van der Waals surface area contributed by atoms with Crippen molar-refractivity contribution >= 4 is 72.3 Å². The van der Waals surface area contributed by atoms with Crippen LogP contribution in [0.3, 0.4) is 0 Å². The first-order valence-electron chi connectivity index (χ1n) is 9.63. The van der Waals surface area contributed by atoms with E-state index in [1.165, 1.54) is 11.3 Å². The first-order valence-corrected chi connectivity index (χ1v) is 12.1. The van der Waals surface area contributed by atoms with Crippen LogP contribution in [0.5, 0.6) is 0 Å². The van der Waals surface area contributed by atoms with Gasteiger partial charge < -0.3 is 4.74 Å². The normalized spacial score (nSPS) is 14.6. The van der Waals surface area contributed by atoms with Crippen molar-refractivity contribution in [2.24, 2.45) is 0 Å². The SMILES string of the molecule is Cc1nc(C)c(C(=O)N(CCCN2CCOCC2)c2nc3ccc(Br)cc3s2)s1.Cl. The van der Waals surface area contributed by atoms with Crippen molar-refractivity contribution in [1.82, 2.24) is 14.9 Å². The number of benzene rings is 1. The van der Waals surface area contributed by atoms with E-state index in [9.17, 15) is 4.79 Å². The van der Waals surface area contributed by atoms with Crippen molar-refractivity contribution in [2.75, 3.05) is 44.3 Å². The quantitative estimate of drug-likeness (QED) is 0.452. The lowest BCUT2D eigenvalue weighted by Gasteiger charge is -2.27. The van der Waals surface area contributed by atoms with Crippen molar-refractivity contribution < 1.29 is 9.53 Å². The van der Waals surface area contributed by atoms with Gasteiger partial charge in [0.05, 0.1) is 34.1 Å². The fourth-order valence-corrected chi connectivity index (χ4v) is 5.83. The van der Waals surface area contributed by atoms with E-state index in [1.54, 1.807) is 11.3 Å². The maximum absolute atomic E-state index is 13.4. The highest BCUT2D eigenvalue weighted by atomic mass is 79.9. The highest BCUT2D eigenvalue weighted by Crippen LogP contribution is 2.32. The number of thiazole rings is 2. The van der Waals surface area contributed by atoms with Crippen LogP contribution in [0, 0.1) is 13.8 Å². The van der Waals surface area contributed by atoms with Gasteiger partial charge >= 0.3 is 0 Å². The van der Waals surface area contributed by atoms with Crippen LogP contribution in [-0.2, 0) is 4.74 Å². The predicted molar refractivity (Wildman–Crippen MR) is 130 cm³/mol. The van der Waals surface area contributed by atoms with Gasteiger partial charge in [-0.1, -0.05) is 27.3 Å². The van der Waals surface area contributed by atoms with E-state index in [2.05, 4.69) is 31.9 Å². The molecule has 1 saturated heterocycles. The first-order chi connectivity index (χ1) is 14.0. The molecule has 1 aliphatic heterocycles. The Balaban J connectivity index is 0.00000256. The van der Waals surface area contributed by atoms with Gasteiger partial charge in [-0.25, -0.2) is 9.97 Å². The minimum atomic E-state index is -0.00630. The Kier molecular flexibility index (Phi) is 8.23. The number of aromatic nitrogens is 2. The lowest BCUT2D eigenvalue weighted by atomic mass is 10.3. The molecule has 0 saturated carbocycles. The molecule has 1 fully saturated rings. The van der Waals surface area contributed by atoms with Gasteiger partial charge in [0.2, 0.25) is 0 Å². The van der Waals surface area contributed by atoms with Crippen LogP contribution < -0.4 is 4.90 Å². The molecule has 3 aromatic rings. The molecule has 1 aromatic carbocycles. The van der Waals surface area contributed by atoms with Gasteiger partial charge in [0, 0.05) is 30.7 Å². The number of carbonyl (C=O) groups is 1. The van der Waals surface area contributed by atoms with E-state index >= 15 is 0 Å². The molecule has 0 aliphatic carbocycles. The van der Waals surface area contributed by atoms with E-state index < -0.39 is 0 Å². The summed E-state index contributed by atoms with van der Waals surface area (Å²) in [6.07, 6.45) is 0.891. The molecule has 3 heterocycles. The number of halogens is 2. The zero-order valence-corrected chi connectivity index (χ0v) is 20.9. The van der Waals surface area contributed by atoms with Gasteiger partial charge in [-0.05, 0) is 38.5 Å². The maximum Gasteiger partial charge on any atom is 0.272 e. The zero-order chi connectivity index (χ0) is 20.4. The molecule has 0 atom stereocenters. The first kappa shape index (κ1) is 23.6. The van der Waals surface area contributed by atoms with Crippen molar-refractivity contribution in [3.8, 4) is 0 Å². The van der Waals surface area contributed by atoms with Gasteiger partial charge in [0.15, 0.2) is 5.13 Å². The summed E-state index contributed by atoms with van der Waals surface area (Å²) in [6, 6.07) is 6.01. The highest BCUT2D eigenvalue weighted by molar-refractivity contribution is 9.10. The molecule has 4 rings (SSSR count). The second-order valence-corrected chi connectivity index (χ2v) is 10.1. The average molecular weight is 532 g/mol. The number of amides is 1. The summed E-state index contributed by atoms with van der Waals surface area (Å²) < 4.78 is 7.51. The number of carbonyl (C=O) groups excluding carboxylic acids is 1. The topological polar surface area (TPSA) is 58.6 Å². The summed E-state index contributed by atoms with van der Waals surface area (Å²) in [5.74, 6) is -0.00630. The standard InChI is InChI=1S/C20H23BrN4O2S2.ClH/c1-13-18(28-14(2)22-13)19(26)25(7-3-6-24-8-10-27-11-9-24)20-23-16-5-4-15(21)12-17(16)29-20;/h4-5,12H,3,6-11H2,1-2H3;1H. The number of rotatable bonds is 6. The Hall–Kier alpha value is -1.10. The third-order valence-electron chi connectivity index (χ3n) is 4.87. The summed E-state index contributed by atoms with van der Waals surface area (Å²) in [7, 11) is 0. The highest BCUT2D eigenvalue weighted by Gasteiger charge is 2.25. The number of hydrogen-bond donors (Lipinski definition) is 0. The fraction of sp³-hybridized carbons (Fsp3) is 0.450. The molecular formula is C20H24BrClN4O2S2. The van der Waals surface area contributed by atoms with Gasteiger partial charge in [-0.2, -0.15) is 0 Å². The largest absolute Gasteiger partial charge is 0.379 e. The Morgan fingerprint density at radius 3 is 2.70 bits per heavy atom. The smallest absolute Gasteiger partial charge is 0.272 e. The van der Waals surface area contributed by atoms with Gasteiger partial charge in [0.1, 0.15) is 4.88 Å². The summed E-state index contributed by atoms with van der Waals surface area (Å²) in [6.45, 7) is 8.90. The van der Waals surface area contributed by atoms with Crippen LogP contribution >= 0.6 is 51.0 Å². The molecule has 0 radical (unpaired) electrons. The summed E-state index contributed by atoms with van der Waals surface area (Å²) in [5, 5.41) is 1.66. The third-order valence-corrected chi connectivity index (χ3v) is 7.47. The van der Waals surface area contributed by atoms with Crippen LogP contribution in [0.15, 0.2) is 22.7 Å². The molecule has 1 amide bonds. The van der Waals surface area contributed by atoms with Gasteiger partial charge in [-0.15, -0.1) is 23.7 Å². The van der Waals surface area contributed by atoms with E-state index in [0.29, 0.717) is 11.4 Å². The summed E-state index contributed by atoms with van der Waals surface area (Å²) >= 11 is 6.53. The molecule has 0 spiro atoms. The minimum Gasteiger partial charge on any atom is -0.379 e. The van der Waals surface area contributed by atoms with Crippen LogP contribution in [0.4, 0.5) is 5.13 Å². The average Bonchev–Trinajstić information content (AvgIpc) is 3.27. The molecular weight excluding hydrogens is 508 g/mol. The van der Waals surface area contributed by atoms with E-state index in [4.69, 9.17) is 9.72 Å². The molecule has 0 unspecified atom stereocenters. The van der Waals surface area contributed by atoms with Gasteiger partial charge in [-0.3, -0.25) is 14.6 Å². The number of nitrogens with zero attached hydrogens (tertiary/aromatic N) is 4. The fourth-order valence-electron chi connectivity index (χ4n) is 3.42. The number of fused-ring (bicyclic) bond motifs is 1. The van der Waals surface area contributed by atoms with Crippen molar-refractivity contribution in [3.63, 3.8) is 0 Å². The molecule has 30 heavy (non-hydrogen) atoms. The monoisotopic (exact) mass is 530 g/mol. The molecule has 162 valence electrons. The van der Waals surface area contributed by atoms with Crippen LogP contribution in [0.25, 0.3) is 10.2 Å². The Bertz CT molecular complexity index is 1020. The predicted octanol–water partition coefficient (Wildman–Crippen LogP) is 4.92. The van der Waals surface area contributed by atoms with Gasteiger partial charge in [0.25, 0.3) is 5.91 Å². The molecule has 2 aromatic heterocycles. The van der Waals surface area contributed by atoms with Crippen LogP contribution in [-0.4, -0.2) is 60.2 Å². The van der Waals surface area contributed by atoms with E-state index in [0.717, 1.165) is 69.8 Å². The van der Waals surface area contributed by atoms with Crippen LogP contribution in [0.2, 0.25) is 0 Å². The Labute approximate surface area is 198 Å². The van der Waals surface area contributed by atoms with Crippen molar-refractivity contribution in [2.45, 2.75) is 20.3 Å². The van der Waals surface area contributed by atoms with E-state index in [-0.39, 0.29) is 18.3 Å². The number of ether oxygens (including phenoxy) is 1. The molecule has 0 bridgehead atoms. The molecule has 1 aliphatic rings. The lowest BCUT2D eigenvalue weighted by Crippen LogP contribution is -2.39. The molecule has 6 nitrogen and oxygen atoms in total. The van der Waals surface area contributed by atoms with Crippen molar-refractivity contribution in [1.29, 1.82) is 0 Å². The molecule has 0 N–H and O–H groups in total. The number of aryl methyl sites for hydroxylation is 2. The Morgan fingerprint density at radius 2 is 2.00 bits per heavy atom.